The number of nitrogens with zero attached hydrogens (tertiary/aromatic N) is 1. The van der Waals surface area contributed by atoms with E-state index >= 15 is 0 Å². The van der Waals surface area contributed by atoms with E-state index in [0.29, 0.717) is 47.3 Å². The molecule has 2 aliphatic carbocycles. The smallest absolute Gasteiger partial charge is 0.164 e. The minimum atomic E-state index is -0.770. The quantitative estimate of drug-likeness (QED) is 0.760. The molecule has 25 heavy (non-hydrogen) atoms. The molecule has 2 atom stereocenters. The number of thiol groups is 1. The highest BCUT2D eigenvalue weighted by atomic mass is 32.1. The number of ketones is 1. The minimum absolute atomic E-state index is 0.0949. The van der Waals surface area contributed by atoms with Gasteiger partial charge in [0.15, 0.2) is 5.78 Å². The van der Waals surface area contributed by atoms with Gasteiger partial charge in [-0.3, -0.25) is 4.79 Å². The van der Waals surface area contributed by atoms with Crippen LogP contribution in [0.15, 0.2) is 29.2 Å². The van der Waals surface area contributed by atoms with Crippen molar-refractivity contribution in [3.8, 4) is 6.07 Å². The van der Waals surface area contributed by atoms with Crippen LogP contribution in [-0.2, 0) is 6.42 Å². The number of rotatable bonds is 1. The highest BCUT2D eigenvalue weighted by Crippen LogP contribution is 2.46. The van der Waals surface area contributed by atoms with Gasteiger partial charge in [-0.1, -0.05) is 6.07 Å². The van der Waals surface area contributed by atoms with E-state index in [4.69, 9.17) is 0 Å². The van der Waals surface area contributed by atoms with Gasteiger partial charge in [0.25, 0.3) is 0 Å². The van der Waals surface area contributed by atoms with Crippen molar-refractivity contribution in [3.05, 3.63) is 63.5 Å². The van der Waals surface area contributed by atoms with Crippen LogP contribution < -0.4 is 0 Å². The number of nitriles is 1. The van der Waals surface area contributed by atoms with Gasteiger partial charge in [0.1, 0.15) is 5.82 Å². The van der Waals surface area contributed by atoms with Crippen LogP contribution in [-0.4, -0.2) is 10.9 Å². The van der Waals surface area contributed by atoms with E-state index in [1.165, 1.54) is 12.1 Å². The standard InChI is InChI=1S/C20H16FNO2S/c21-11-7-10(9-22)19-13(1-4-16(23)15(19)8-11)12-3-6-18(25)20-14(12)2-5-17(20)24/h3,6-8,13,16,23,25H,1-2,4-5H2/t13-,16-/m1/s1. The number of hydrogen-bond donors (Lipinski definition) is 2. The number of aliphatic hydroxyl groups excluding tert-OH is 1. The number of hydrogen-bond acceptors (Lipinski definition) is 4. The zero-order valence-corrected chi connectivity index (χ0v) is 14.3. The summed E-state index contributed by atoms with van der Waals surface area (Å²) in [5, 5.41) is 19.8. The number of halogens is 1. The molecule has 0 saturated heterocycles. The molecule has 0 unspecified atom stereocenters. The molecule has 0 aliphatic heterocycles. The van der Waals surface area contributed by atoms with Crippen LogP contribution in [0, 0.1) is 17.1 Å². The summed E-state index contributed by atoms with van der Waals surface area (Å²) in [7, 11) is 0. The third-order valence-corrected chi connectivity index (χ3v) is 5.69. The predicted octanol–water partition coefficient (Wildman–Crippen LogP) is 4.07. The van der Waals surface area contributed by atoms with Crippen molar-refractivity contribution in [2.45, 2.75) is 42.6 Å². The Morgan fingerprint density at radius 1 is 1.20 bits per heavy atom. The molecule has 0 aromatic heterocycles. The topological polar surface area (TPSA) is 61.1 Å². The summed E-state index contributed by atoms with van der Waals surface area (Å²) >= 11 is 4.42. The van der Waals surface area contributed by atoms with Crippen molar-refractivity contribution in [1.82, 2.24) is 0 Å². The Morgan fingerprint density at radius 2 is 2.00 bits per heavy atom. The second-order valence-electron chi connectivity index (χ2n) is 6.66. The lowest BCUT2D eigenvalue weighted by atomic mass is 9.74. The Bertz CT molecular complexity index is 948. The Labute approximate surface area is 150 Å². The first kappa shape index (κ1) is 16.3. The van der Waals surface area contributed by atoms with Crippen molar-refractivity contribution in [3.63, 3.8) is 0 Å². The van der Waals surface area contributed by atoms with Gasteiger partial charge in [-0.25, -0.2) is 4.39 Å². The Morgan fingerprint density at radius 3 is 2.76 bits per heavy atom. The van der Waals surface area contributed by atoms with E-state index in [-0.39, 0.29) is 17.3 Å². The van der Waals surface area contributed by atoms with Crippen molar-refractivity contribution in [2.75, 3.05) is 0 Å². The molecule has 0 spiro atoms. The number of aliphatic hydroxyl groups is 1. The largest absolute Gasteiger partial charge is 0.388 e. The van der Waals surface area contributed by atoms with Crippen LogP contribution in [0.5, 0.6) is 0 Å². The van der Waals surface area contributed by atoms with Crippen LogP contribution in [0.1, 0.15) is 69.5 Å². The van der Waals surface area contributed by atoms with E-state index < -0.39 is 11.9 Å². The average molecular weight is 353 g/mol. The molecule has 2 aromatic rings. The summed E-state index contributed by atoms with van der Waals surface area (Å²) in [4.78, 5) is 12.9. The molecule has 3 nitrogen and oxygen atoms in total. The fraction of sp³-hybridized carbons (Fsp3) is 0.300. The molecule has 5 heteroatoms. The zero-order chi connectivity index (χ0) is 17.7. The predicted molar refractivity (Wildman–Crippen MR) is 93.5 cm³/mol. The lowest BCUT2D eigenvalue weighted by Gasteiger charge is -2.31. The van der Waals surface area contributed by atoms with Crippen LogP contribution in [0.3, 0.4) is 0 Å². The van der Waals surface area contributed by atoms with Crippen LogP contribution >= 0.6 is 12.6 Å². The zero-order valence-electron chi connectivity index (χ0n) is 13.4. The lowest BCUT2D eigenvalue weighted by Crippen LogP contribution is -2.18. The SMILES string of the molecule is N#Cc1cc(F)cc2c1[C@@H](c1ccc(S)c3c1CCC3=O)CC[C@H]2O. The third-order valence-electron chi connectivity index (χ3n) is 5.32. The number of carbonyl (C=O) groups is 1. The van der Waals surface area contributed by atoms with E-state index in [2.05, 4.69) is 18.7 Å². The minimum Gasteiger partial charge on any atom is -0.388 e. The van der Waals surface area contributed by atoms with Crippen molar-refractivity contribution < 1.29 is 14.3 Å². The van der Waals surface area contributed by atoms with Gasteiger partial charge in [-0.05, 0) is 59.7 Å². The van der Waals surface area contributed by atoms with Gasteiger partial charge in [0.05, 0.1) is 17.7 Å². The molecule has 0 amide bonds. The van der Waals surface area contributed by atoms with Crippen LogP contribution in [0.4, 0.5) is 4.39 Å². The maximum atomic E-state index is 13.9. The van der Waals surface area contributed by atoms with E-state index in [9.17, 15) is 19.6 Å². The Kier molecular flexibility index (Phi) is 3.90. The van der Waals surface area contributed by atoms with Crippen LogP contribution in [0.25, 0.3) is 0 Å². The number of carbonyl (C=O) groups excluding carboxylic acids is 1. The molecule has 2 aliphatic rings. The van der Waals surface area contributed by atoms with Crippen molar-refractivity contribution >= 4 is 18.4 Å². The molecule has 0 fully saturated rings. The van der Waals surface area contributed by atoms with Gasteiger partial charge in [-0.2, -0.15) is 5.26 Å². The average Bonchev–Trinajstić information content (AvgIpc) is 2.99. The van der Waals surface area contributed by atoms with Gasteiger partial charge in [0.2, 0.25) is 0 Å². The summed E-state index contributed by atoms with van der Waals surface area (Å²) < 4.78 is 13.9. The molecule has 4 rings (SSSR count). The molecule has 0 bridgehead atoms. The number of fused-ring (bicyclic) bond motifs is 2. The highest BCUT2D eigenvalue weighted by Gasteiger charge is 2.34. The van der Waals surface area contributed by atoms with Crippen LogP contribution in [0.2, 0.25) is 0 Å². The highest BCUT2D eigenvalue weighted by molar-refractivity contribution is 7.80. The normalized spacial score (nSPS) is 21.6. The van der Waals surface area contributed by atoms with E-state index in [0.717, 1.165) is 11.1 Å². The summed E-state index contributed by atoms with van der Waals surface area (Å²) in [5.74, 6) is -0.541. The fourth-order valence-corrected chi connectivity index (χ4v) is 4.59. The Balaban J connectivity index is 1.95. The molecule has 1 N–H and O–H groups in total. The summed E-state index contributed by atoms with van der Waals surface area (Å²) in [6.45, 7) is 0. The maximum absolute atomic E-state index is 13.9. The molecule has 0 radical (unpaired) electrons. The molecule has 2 aromatic carbocycles. The number of Topliss-reactive ketones (excluding diaryl/α,β-unsaturated/α-hetero) is 1. The molecule has 0 saturated carbocycles. The maximum Gasteiger partial charge on any atom is 0.164 e. The Hall–Kier alpha value is -2.16. The van der Waals surface area contributed by atoms with Gasteiger partial charge in [0, 0.05) is 22.8 Å². The van der Waals surface area contributed by atoms with Crippen molar-refractivity contribution in [1.29, 1.82) is 5.26 Å². The monoisotopic (exact) mass is 353 g/mol. The van der Waals surface area contributed by atoms with Gasteiger partial charge >= 0.3 is 0 Å². The second-order valence-corrected chi connectivity index (χ2v) is 7.15. The molecule has 0 heterocycles. The van der Waals surface area contributed by atoms with Gasteiger partial charge in [-0.15, -0.1) is 12.6 Å². The molecular formula is C20H16FNO2S. The fourth-order valence-electron chi connectivity index (χ4n) is 4.25. The summed E-state index contributed by atoms with van der Waals surface area (Å²) in [6, 6.07) is 8.40. The van der Waals surface area contributed by atoms with E-state index in [1.807, 2.05) is 12.1 Å². The molecular weight excluding hydrogens is 337 g/mol. The second kappa shape index (κ2) is 5.98. The molecule has 126 valence electrons. The summed E-state index contributed by atoms with van der Waals surface area (Å²) in [6.07, 6.45) is 1.51. The number of benzene rings is 2. The summed E-state index contributed by atoms with van der Waals surface area (Å²) in [5.41, 5.74) is 4.09. The lowest BCUT2D eigenvalue weighted by molar-refractivity contribution is 0.0992. The van der Waals surface area contributed by atoms with Gasteiger partial charge < -0.3 is 5.11 Å². The third kappa shape index (κ3) is 2.48. The first-order valence-corrected chi connectivity index (χ1v) is 8.75. The first-order chi connectivity index (χ1) is 12.0. The first-order valence-electron chi connectivity index (χ1n) is 8.30. The van der Waals surface area contributed by atoms with Crippen molar-refractivity contribution in [2.24, 2.45) is 0 Å². The van der Waals surface area contributed by atoms with E-state index in [1.54, 1.807) is 0 Å².